The highest BCUT2D eigenvalue weighted by Crippen LogP contribution is 2.10. The third-order valence-corrected chi connectivity index (χ3v) is 3.06. The van der Waals surface area contributed by atoms with Gasteiger partial charge in [-0.05, 0) is 37.6 Å². The number of hydrogen-bond acceptors (Lipinski definition) is 3. The Hall–Kier alpha value is -1.79. The van der Waals surface area contributed by atoms with Crippen molar-refractivity contribution in [1.29, 1.82) is 0 Å². The van der Waals surface area contributed by atoms with E-state index in [0.29, 0.717) is 23.8 Å². The molecule has 110 valence electrons. The van der Waals surface area contributed by atoms with Crippen molar-refractivity contribution in [2.75, 3.05) is 18.4 Å². The van der Waals surface area contributed by atoms with E-state index in [-0.39, 0.29) is 18.3 Å². The summed E-state index contributed by atoms with van der Waals surface area (Å²) in [6, 6.07) is 6.39. The van der Waals surface area contributed by atoms with E-state index in [2.05, 4.69) is 16.0 Å². The van der Waals surface area contributed by atoms with E-state index in [0.717, 1.165) is 19.4 Å². The van der Waals surface area contributed by atoms with Crippen LogP contribution in [-0.4, -0.2) is 31.1 Å². The standard InChI is InChI=1S/C13H18N4O2.ClH/c14-13(19)17-10-4-1-3-9(7-10)12(18)16-8-11-5-2-6-15-11;/h1,3-4,7,11,15H,2,5-6,8H2,(H,16,18)(H3,14,17,19);1H. The maximum atomic E-state index is 12.0. The molecule has 0 saturated carbocycles. The fraction of sp³-hybridized carbons (Fsp3) is 0.385. The molecule has 1 saturated heterocycles. The van der Waals surface area contributed by atoms with Crippen LogP contribution in [0, 0.1) is 0 Å². The quantitative estimate of drug-likeness (QED) is 0.670. The molecule has 0 bridgehead atoms. The minimum atomic E-state index is -0.646. The summed E-state index contributed by atoms with van der Waals surface area (Å²) in [5.41, 5.74) is 6.05. The molecule has 1 aromatic rings. The van der Waals surface area contributed by atoms with Gasteiger partial charge in [-0.15, -0.1) is 12.4 Å². The Morgan fingerprint density at radius 3 is 2.85 bits per heavy atom. The van der Waals surface area contributed by atoms with Crippen LogP contribution in [0.5, 0.6) is 0 Å². The molecular formula is C13H19ClN4O2. The molecular weight excluding hydrogens is 280 g/mol. The van der Waals surface area contributed by atoms with Crippen molar-refractivity contribution in [3.8, 4) is 0 Å². The lowest BCUT2D eigenvalue weighted by Gasteiger charge is -2.12. The maximum Gasteiger partial charge on any atom is 0.316 e. The number of rotatable bonds is 4. The van der Waals surface area contributed by atoms with E-state index in [1.165, 1.54) is 0 Å². The van der Waals surface area contributed by atoms with Crippen molar-refractivity contribution in [1.82, 2.24) is 10.6 Å². The van der Waals surface area contributed by atoms with E-state index in [4.69, 9.17) is 5.73 Å². The van der Waals surface area contributed by atoms with Crippen LogP contribution in [0.15, 0.2) is 24.3 Å². The van der Waals surface area contributed by atoms with Gasteiger partial charge in [0.2, 0.25) is 0 Å². The smallest absolute Gasteiger partial charge is 0.316 e. The predicted molar refractivity (Wildman–Crippen MR) is 80.3 cm³/mol. The second-order valence-corrected chi connectivity index (χ2v) is 4.57. The van der Waals surface area contributed by atoms with Gasteiger partial charge in [-0.2, -0.15) is 0 Å². The zero-order chi connectivity index (χ0) is 13.7. The molecule has 1 aliphatic heterocycles. The van der Waals surface area contributed by atoms with Gasteiger partial charge in [-0.25, -0.2) is 4.79 Å². The number of benzene rings is 1. The molecule has 5 N–H and O–H groups in total. The molecule has 7 heteroatoms. The van der Waals surface area contributed by atoms with E-state index < -0.39 is 6.03 Å². The number of nitrogens with one attached hydrogen (secondary N) is 3. The number of anilines is 1. The summed E-state index contributed by atoms with van der Waals surface area (Å²) in [6.07, 6.45) is 2.24. The van der Waals surface area contributed by atoms with Crippen LogP contribution >= 0.6 is 12.4 Å². The van der Waals surface area contributed by atoms with Crippen LogP contribution in [0.2, 0.25) is 0 Å². The summed E-state index contributed by atoms with van der Waals surface area (Å²) in [5.74, 6) is -0.151. The number of carbonyl (C=O) groups excluding carboxylic acids is 2. The number of hydrogen-bond donors (Lipinski definition) is 4. The number of amides is 3. The molecule has 2 rings (SSSR count). The molecule has 3 amide bonds. The van der Waals surface area contributed by atoms with Gasteiger partial charge in [0.1, 0.15) is 0 Å². The largest absolute Gasteiger partial charge is 0.351 e. The fourth-order valence-corrected chi connectivity index (χ4v) is 2.13. The highest BCUT2D eigenvalue weighted by Gasteiger charge is 2.15. The number of carbonyl (C=O) groups is 2. The second kappa shape index (κ2) is 7.72. The Balaban J connectivity index is 0.00000200. The normalized spacial score (nSPS) is 17.1. The van der Waals surface area contributed by atoms with Gasteiger partial charge in [0.15, 0.2) is 0 Å². The van der Waals surface area contributed by atoms with Crippen molar-refractivity contribution in [3.05, 3.63) is 29.8 Å². The van der Waals surface area contributed by atoms with Crippen molar-refractivity contribution < 1.29 is 9.59 Å². The molecule has 20 heavy (non-hydrogen) atoms. The Bertz CT molecular complexity index is 475. The van der Waals surface area contributed by atoms with Gasteiger partial charge in [0, 0.05) is 23.8 Å². The Labute approximate surface area is 123 Å². The SMILES string of the molecule is Cl.NC(=O)Nc1cccc(C(=O)NCC2CCCN2)c1. The van der Waals surface area contributed by atoms with Crippen LogP contribution in [0.25, 0.3) is 0 Å². The zero-order valence-corrected chi connectivity index (χ0v) is 11.8. The van der Waals surface area contributed by atoms with Crippen molar-refractivity contribution >= 4 is 30.0 Å². The number of primary amides is 1. The lowest BCUT2D eigenvalue weighted by Crippen LogP contribution is -2.37. The zero-order valence-electron chi connectivity index (χ0n) is 11.0. The number of halogens is 1. The number of nitrogens with two attached hydrogens (primary N) is 1. The first kappa shape index (κ1) is 16.3. The average Bonchev–Trinajstić information content (AvgIpc) is 2.88. The average molecular weight is 299 g/mol. The molecule has 1 aromatic carbocycles. The topological polar surface area (TPSA) is 96.2 Å². The minimum Gasteiger partial charge on any atom is -0.351 e. The van der Waals surface area contributed by atoms with Crippen LogP contribution in [-0.2, 0) is 0 Å². The van der Waals surface area contributed by atoms with Crippen LogP contribution in [0.3, 0.4) is 0 Å². The summed E-state index contributed by atoms with van der Waals surface area (Å²) >= 11 is 0. The third kappa shape index (κ3) is 4.71. The van der Waals surface area contributed by atoms with Crippen molar-refractivity contribution in [2.24, 2.45) is 5.73 Å². The maximum absolute atomic E-state index is 12.0. The summed E-state index contributed by atoms with van der Waals surface area (Å²) in [5, 5.41) is 8.63. The Kier molecular flexibility index (Phi) is 6.27. The van der Waals surface area contributed by atoms with Crippen molar-refractivity contribution in [3.63, 3.8) is 0 Å². The summed E-state index contributed by atoms with van der Waals surface area (Å²) in [6.45, 7) is 1.63. The van der Waals surface area contributed by atoms with E-state index >= 15 is 0 Å². The molecule has 0 aromatic heterocycles. The fourth-order valence-electron chi connectivity index (χ4n) is 2.13. The molecule has 0 spiro atoms. The van der Waals surface area contributed by atoms with Crippen LogP contribution in [0.4, 0.5) is 10.5 Å². The molecule has 0 aliphatic carbocycles. The molecule has 1 unspecified atom stereocenters. The highest BCUT2D eigenvalue weighted by molar-refractivity contribution is 5.96. The first-order valence-corrected chi connectivity index (χ1v) is 6.33. The first-order chi connectivity index (χ1) is 9.15. The second-order valence-electron chi connectivity index (χ2n) is 4.57. The van der Waals surface area contributed by atoms with E-state index in [1.54, 1.807) is 24.3 Å². The summed E-state index contributed by atoms with van der Waals surface area (Å²) in [4.78, 5) is 22.7. The van der Waals surface area contributed by atoms with Gasteiger partial charge < -0.3 is 21.7 Å². The minimum absolute atomic E-state index is 0. The van der Waals surface area contributed by atoms with Gasteiger partial charge >= 0.3 is 6.03 Å². The predicted octanol–water partition coefficient (Wildman–Crippen LogP) is 1.08. The lowest BCUT2D eigenvalue weighted by atomic mass is 10.1. The van der Waals surface area contributed by atoms with Gasteiger partial charge in [-0.1, -0.05) is 6.07 Å². The molecule has 1 fully saturated rings. The van der Waals surface area contributed by atoms with Crippen molar-refractivity contribution in [2.45, 2.75) is 18.9 Å². The monoisotopic (exact) mass is 298 g/mol. The van der Waals surface area contributed by atoms with Crippen LogP contribution < -0.4 is 21.7 Å². The van der Waals surface area contributed by atoms with Crippen LogP contribution in [0.1, 0.15) is 23.2 Å². The first-order valence-electron chi connectivity index (χ1n) is 6.33. The molecule has 1 heterocycles. The lowest BCUT2D eigenvalue weighted by molar-refractivity contribution is 0.0950. The molecule has 1 aliphatic rings. The number of urea groups is 1. The summed E-state index contributed by atoms with van der Waals surface area (Å²) < 4.78 is 0. The Morgan fingerprint density at radius 2 is 2.20 bits per heavy atom. The van der Waals surface area contributed by atoms with Gasteiger partial charge in [0.25, 0.3) is 5.91 Å². The molecule has 6 nitrogen and oxygen atoms in total. The highest BCUT2D eigenvalue weighted by atomic mass is 35.5. The van der Waals surface area contributed by atoms with Gasteiger partial charge in [-0.3, -0.25) is 4.79 Å². The third-order valence-electron chi connectivity index (χ3n) is 3.06. The molecule has 0 radical (unpaired) electrons. The Morgan fingerprint density at radius 1 is 1.40 bits per heavy atom. The van der Waals surface area contributed by atoms with E-state index in [9.17, 15) is 9.59 Å². The van der Waals surface area contributed by atoms with Gasteiger partial charge in [0.05, 0.1) is 0 Å². The van der Waals surface area contributed by atoms with E-state index in [1.807, 2.05) is 0 Å². The molecule has 1 atom stereocenters. The summed E-state index contributed by atoms with van der Waals surface area (Å²) in [7, 11) is 0.